The van der Waals surface area contributed by atoms with Crippen LogP contribution in [0.4, 0.5) is 0 Å². The van der Waals surface area contributed by atoms with Crippen LogP contribution in [0, 0.1) is 27.7 Å². The molecule has 0 bridgehead atoms. The Morgan fingerprint density at radius 3 is 2.08 bits per heavy atom. The maximum absolute atomic E-state index is 5.82. The zero-order chi connectivity index (χ0) is 9.30. The van der Waals surface area contributed by atoms with Crippen molar-refractivity contribution in [3.8, 4) is 0 Å². The fourth-order valence-electron chi connectivity index (χ4n) is 1.37. The third-order valence-corrected chi connectivity index (χ3v) is 2.73. The zero-order valence-corrected chi connectivity index (χ0v) is 8.79. The number of nitrogens with zero attached hydrogens (tertiary/aromatic N) is 1. The quantitative estimate of drug-likeness (QED) is 0.610. The number of halogens is 1. The average molecular weight is 184 g/mol. The van der Waals surface area contributed by atoms with E-state index in [-0.39, 0.29) is 0 Å². The molecule has 0 spiro atoms. The van der Waals surface area contributed by atoms with E-state index in [1.807, 2.05) is 13.8 Å². The number of hydrogen-bond acceptors (Lipinski definition) is 1. The van der Waals surface area contributed by atoms with E-state index in [4.69, 9.17) is 11.6 Å². The molecule has 0 unspecified atom stereocenters. The van der Waals surface area contributed by atoms with Gasteiger partial charge in [0, 0.05) is 17.3 Å². The molecule has 0 N–H and O–H groups in total. The number of aromatic nitrogens is 1. The van der Waals surface area contributed by atoms with Crippen molar-refractivity contribution >= 4 is 11.6 Å². The van der Waals surface area contributed by atoms with Crippen LogP contribution < -0.4 is 0 Å². The van der Waals surface area contributed by atoms with Gasteiger partial charge in [-0.15, -0.1) is 11.6 Å². The maximum Gasteiger partial charge on any atom is 0.0494 e. The molecule has 0 fully saturated rings. The van der Waals surface area contributed by atoms with Crippen LogP contribution in [-0.4, -0.2) is 4.98 Å². The second kappa shape index (κ2) is 3.44. The molecule has 1 nitrogen and oxygen atoms in total. The van der Waals surface area contributed by atoms with Crippen LogP contribution in [0.5, 0.6) is 0 Å². The lowest BCUT2D eigenvalue weighted by atomic mass is 10.0. The van der Waals surface area contributed by atoms with Crippen molar-refractivity contribution in [3.63, 3.8) is 0 Å². The first-order chi connectivity index (χ1) is 5.57. The number of alkyl halides is 1. The Kier molecular flexibility index (Phi) is 2.73. The second-order valence-corrected chi connectivity index (χ2v) is 3.41. The Morgan fingerprint density at radius 2 is 1.58 bits per heavy atom. The average Bonchev–Trinajstić information content (AvgIpc) is 2.01. The SMILES string of the molecule is Cc1nc(C)c(CCl)c(C)c1C. The summed E-state index contributed by atoms with van der Waals surface area (Å²) >= 11 is 5.82. The molecule has 0 atom stereocenters. The highest BCUT2D eigenvalue weighted by molar-refractivity contribution is 6.17. The minimum Gasteiger partial charge on any atom is -0.258 e. The van der Waals surface area contributed by atoms with E-state index < -0.39 is 0 Å². The lowest BCUT2D eigenvalue weighted by Crippen LogP contribution is -2.00. The molecule has 0 aliphatic rings. The van der Waals surface area contributed by atoms with Gasteiger partial charge in [0.2, 0.25) is 0 Å². The molecule has 2 heteroatoms. The van der Waals surface area contributed by atoms with Gasteiger partial charge in [0.15, 0.2) is 0 Å². The van der Waals surface area contributed by atoms with Crippen LogP contribution in [0.2, 0.25) is 0 Å². The molecule has 0 amide bonds. The van der Waals surface area contributed by atoms with Gasteiger partial charge in [-0.2, -0.15) is 0 Å². The van der Waals surface area contributed by atoms with Crippen LogP contribution >= 0.6 is 11.6 Å². The summed E-state index contributed by atoms with van der Waals surface area (Å²) in [6.07, 6.45) is 0. The summed E-state index contributed by atoms with van der Waals surface area (Å²) in [5.74, 6) is 0.561. The molecule has 12 heavy (non-hydrogen) atoms. The molecule has 1 heterocycles. The largest absolute Gasteiger partial charge is 0.258 e. The topological polar surface area (TPSA) is 12.9 Å². The molecule has 1 aromatic rings. The third-order valence-electron chi connectivity index (χ3n) is 2.46. The number of aryl methyl sites for hydroxylation is 2. The number of hydrogen-bond donors (Lipinski definition) is 0. The molecule has 0 saturated heterocycles. The van der Waals surface area contributed by atoms with Crippen molar-refractivity contribution in [2.24, 2.45) is 0 Å². The van der Waals surface area contributed by atoms with Gasteiger partial charge in [-0.1, -0.05) is 0 Å². The summed E-state index contributed by atoms with van der Waals surface area (Å²) in [4.78, 5) is 4.42. The van der Waals surface area contributed by atoms with E-state index in [9.17, 15) is 0 Å². The lowest BCUT2D eigenvalue weighted by Gasteiger charge is -2.11. The van der Waals surface area contributed by atoms with Crippen LogP contribution in [0.1, 0.15) is 28.1 Å². The molecule has 66 valence electrons. The first-order valence-corrected chi connectivity index (χ1v) is 4.60. The van der Waals surface area contributed by atoms with E-state index in [0.29, 0.717) is 5.88 Å². The maximum atomic E-state index is 5.82. The fourth-order valence-corrected chi connectivity index (χ4v) is 1.76. The molecule has 0 radical (unpaired) electrons. The van der Waals surface area contributed by atoms with Gasteiger partial charge in [-0.25, -0.2) is 0 Å². The minimum absolute atomic E-state index is 0.561. The highest BCUT2D eigenvalue weighted by Gasteiger charge is 2.07. The Balaban J connectivity index is 3.40. The smallest absolute Gasteiger partial charge is 0.0494 e. The van der Waals surface area contributed by atoms with Crippen molar-refractivity contribution in [1.29, 1.82) is 0 Å². The van der Waals surface area contributed by atoms with Gasteiger partial charge in [0.05, 0.1) is 0 Å². The van der Waals surface area contributed by atoms with Gasteiger partial charge in [-0.3, -0.25) is 4.98 Å². The van der Waals surface area contributed by atoms with Crippen molar-refractivity contribution in [3.05, 3.63) is 28.1 Å². The van der Waals surface area contributed by atoms with E-state index in [2.05, 4.69) is 18.8 Å². The number of pyridine rings is 1. The van der Waals surface area contributed by atoms with Gasteiger partial charge in [0.25, 0.3) is 0 Å². The molecular weight excluding hydrogens is 170 g/mol. The molecule has 0 aliphatic heterocycles. The monoisotopic (exact) mass is 183 g/mol. The summed E-state index contributed by atoms with van der Waals surface area (Å²) in [5.41, 5.74) is 5.90. The first kappa shape index (κ1) is 9.53. The van der Waals surface area contributed by atoms with Crippen molar-refractivity contribution in [2.45, 2.75) is 33.6 Å². The Bertz CT molecular complexity index is 305. The molecule has 0 aromatic carbocycles. The van der Waals surface area contributed by atoms with E-state index in [1.54, 1.807) is 0 Å². The van der Waals surface area contributed by atoms with E-state index in [1.165, 1.54) is 16.7 Å². The molecular formula is C10H14ClN. The van der Waals surface area contributed by atoms with Crippen molar-refractivity contribution in [2.75, 3.05) is 0 Å². The van der Waals surface area contributed by atoms with Crippen molar-refractivity contribution < 1.29 is 0 Å². The van der Waals surface area contributed by atoms with Crippen LogP contribution in [0.25, 0.3) is 0 Å². The van der Waals surface area contributed by atoms with Gasteiger partial charge in [0.1, 0.15) is 0 Å². The lowest BCUT2D eigenvalue weighted by molar-refractivity contribution is 1.02. The normalized spacial score (nSPS) is 10.4. The molecule has 0 aliphatic carbocycles. The summed E-state index contributed by atoms with van der Waals surface area (Å²) in [5, 5.41) is 0. The fraction of sp³-hybridized carbons (Fsp3) is 0.500. The van der Waals surface area contributed by atoms with Crippen LogP contribution in [0.3, 0.4) is 0 Å². The highest BCUT2D eigenvalue weighted by atomic mass is 35.5. The van der Waals surface area contributed by atoms with Crippen molar-refractivity contribution in [1.82, 2.24) is 4.98 Å². The first-order valence-electron chi connectivity index (χ1n) is 4.07. The summed E-state index contributed by atoms with van der Waals surface area (Å²) < 4.78 is 0. The zero-order valence-electron chi connectivity index (χ0n) is 8.03. The highest BCUT2D eigenvalue weighted by Crippen LogP contribution is 2.19. The Morgan fingerprint density at radius 1 is 1.00 bits per heavy atom. The van der Waals surface area contributed by atoms with E-state index in [0.717, 1.165) is 11.4 Å². The standard InChI is InChI=1S/C10H14ClN/c1-6-7(2)10(5-11)9(4)12-8(6)3/h5H2,1-4H3. The van der Waals surface area contributed by atoms with Gasteiger partial charge < -0.3 is 0 Å². The Hall–Kier alpha value is -0.560. The predicted octanol–water partition coefficient (Wildman–Crippen LogP) is 3.05. The summed E-state index contributed by atoms with van der Waals surface area (Å²) in [7, 11) is 0. The predicted molar refractivity (Wildman–Crippen MR) is 52.7 cm³/mol. The van der Waals surface area contributed by atoms with Gasteiger partial charge in [-0.05, 0) is 44.4 Å². The van der Waals surface area contributed by atoms with Gasteiger partial charge >= 0.3 is 0 Å². The summed E-state index contributed by atoms with van der Waals surface area (Å²) in [6, 6.07) is 0. The molecule has 0 saturated carbocycles. The number of rotatable bonds is 1. The Labute approximate surface area is 78.8 Å². The minimum atomic E-state index is 0.561. The van der Waals surface area contributed by atoms with E-state index >= 15 is 0 Å². The molecule has 1 rings (SSSR count). The molecule has 1 aromatic heterocycles. The second-order valence-electron chi connectivity index (χ2n) is 3.14. The van der Waals surface area contributed by atoms with Crippen LogP contribution in [-0.2, 0) is 5.88 Å². The van der Waals surface area contributed by atoms with Crippen LogP contribution in [0.15, 0.2) is 0 Å². The third kappa shape index (κ3) is 1.46. The summed E-state index contributed by atoms with van der Waals surface area (Å²) in [6.45, 7) is 8.24.